The van der Waals surface area contributed by atoms with Crippen molar-refractivity contribution in [2.45, 2.75) is 57.5 Å². The van der Waals surface area contributed by atoms with Gasteiger partial charge in [-0.3, -0.25) is 9.48 Å². The van der Waals surface area contributed by atoms with Crippen molar-refractivity contribution in [1.29, 1.82) is 0 Å². The van der Waals surface area contributed by atoms with Crippen LogP contribution in [0.15, 0.2) is 23.8 Å². The molecule has 2 aromatic rings. The van der Waals surface area contributed by atoms with Gasteiger partial charge in [-0.15, -0.1) is 11.3 Å². The molecular formula is C18H27N5OS. The van der Waals surface area contributed by atoms with E-state index >= 15 is 0 Å². The fourth-order valence-corrected chi connectivity index (χ4v) is 4.20. The average Bonchev–Trinajstić information content (AvgIpc) is 3.26. The first-order valence-electron chi connectivity index (χ1n) is 8.81. The van der Waals surface area contributed by atoms with Gasteiger partial charge in [0.15, 0.2) is 0 Å². The molecule has 25 heavy (non-hydrogen) atoms. The Morgan fingerprint density at radius 2 is 2.12 bits per heavy atom. The number of nitrogens with one attached hydrogen (secondary N) is 2. The molecule has 0 aromatic carbocycles. The van der Waals surface area contributed by atoms with Crippen LogP contribution in [-0.2, 0) is 15.7 Å². The molecule has 0 radical (unpaired) electrons. The number of carbonyl (C=O) groups is 1. The van der Waals surface area contributed by atoms with Crippen LogP contribution in [0.3, 0.4) is 0 Å². The van der Waals surface area contributed by atoms with E-state index in [1.807, 2.05) is 23.9 Å². The summed E-state index contributed by atoms with van der Waals surface area (Å²) in [5.41, 5.74) is 0.467. The monoisotopic (exact) mass is 361 g/mol. The Kier molecular flexibility index (Phi) is 4.97. The standard InChI is InChI=1S/C18H27N5OS/c1-13(15-22-14(12-25-15)17(2,3)4)21-16(24)18(6-9-19-10-7-18)23-11-5-8-20-23/h5,8,11-13,19H,6-7,9-10H2,1-4H3,(H,21,24). The Bertz CT molecular complexity index is 710. The van der Waals surface area contributed by atoms with Gasteiger partial charge in [-0.05, 0) is 38.9 Å². The topological polar surface area (TPSA) is 71.8 Å². The largest absolute Gasteiger partial charge is 0.345 e. The molecule has 1 saturated heterocycles. The summed E-state index contributed by atoms with van der Waals surface area (Å²) < 4.78 is 1.82. The molecule has 0 saturated carbocycles. The minimum atomic E-state index is -0.618. The lowest BCUT2D eigenvalue weighted by Crippen LogP contribution is -2.55. The fourth-order valence-electron chi connectivity index (χ4n) is 3.15. The van der Waals surface area contributed by atoms with Crippen LogP contribution in [0, 0.1) is 0 Å². The fraction of sp³-hybridized carbons (Fsp3) is 0.611. The van der Waals surface area contributed by atoms with Gasteiger partial charge in [0, 0.05) is 23.2 Å². The molecule has 7 heteroatoms. The third-order valence-corrected chi connectivity index (χ3v) is 5.83. The number of nitrogens with zero attached hydrogens (tertiary/aromatic N) is 3. The predicted octanol–water partition coefficient (Wildman–Crippen LogP) is 2.59. The van der Waals surface area contributed by atoms with Crippen molar-refractivity contribution in [2.24, 2.45) is 0 Å². The smallest absolute Gasteiger partial charge is 0.248 e. The van der Waals surface area contributed by atoms with E-state index in [-0.39, 0.29) is 17.4 Å². The second kappa shape index (κ2) is 6.88. The Morgan fingerprint density at radius 1 is 1.40 bits per heavy atom. The van der Waals surface area contributed by atoms with Crippen molar-refractivity contribution in [3.05, 3.63) is 34.5 Å². The highest BCUT2D eigenvalue weighted by Gasteiger charge is 2.42. The van der Waals surface area contributed by atoms with Gasteiger partial charge in [0.05, 0.1) is 11.7 Å². The summed E-state index contributed by atoms with van der Waals surface area (Å²) in [5, 5.41) is 13.9. The van der Waals surface area contributed by atoms with E-state index in [1.165, 1.54) is 0 Å². The van der Waals surface area contributed by atoms with Gasteiger partial charge in [0.25, 0.3) is 0 Å². The molecule has 1 aliphatic heterocycles. The van der Waals surface area contributed by atoms with Crippen molar-refractivity contribution >= 4 is 17.2 Å². The van der Waals surface area contributed by atoms with Gasteiger partial charge in [0.1, 0.15) is 10.5 Å². The summed E-state index contributed by atoms with van der Waals surface area (Å²) in [7, 11) is 0. The highest BCUT2D eigenvalue weighted by Crippen LogP contribution is 2.30. The summed E-state index contributed by atoms with van der Waals surface area (Å²) in [6.07, 6.45) is 5.09. The molecule has 6 nitrogen and oxygen atoms in total. The van der Waals surface area contributed by atoms with Gasteiger partial charge in [0.2, 0.25) is 5.91 Å². The Hall–Kier alpha value is -1.73. The van der Waals surface area contributed by atoms with Crippen LogP contribution >= 0.6 is 11.3 Å². The van der Waals surface area contributed by atoms with E-state index in [2.05, 4.69) is 41.9 Å². The van der Waals surface area contributed by atoms with E-state index in [4.69, 9.17) is 4.98 Å². The normalized spacial score (nSPS) is 18.7. The maximum Gasteiger partial charge on any atom is 0.248 e. The van der Waals surface area contributed by atoms with Gasteiger partial charge >= 0.3 is 0 Å². The Labute approximate surface area is 153 Å². The molecule has 1 amide bonds. The molecule has 1 unspecified atom stereocenters. The summed E-state index contributed by atoms with van der Waals surface area (Å²) in [6, 6.07) is 1.76. The maximum atomic E-state index is 13.2. The maximum absolute atomic E-state index is 13.2. The summed E-state index contributed by atoms with van der Waals surface area (Å²) in [4.78, 5) is 17.9. The van der Waals surface area contributed by atoms with Crippen LogP contribution in [0.25, 0.3) is 0 Å². The molecular weight excluding hydrogens is 334 g/mol. The Balaban J connectivity index is 1.78. The van der Waals surface area contributed by atoms with Crippen molar-refractivity contribution in [3.8, 4) is 0 Å². The molecule has 0 bridgehead atoms. The van der Waals surface area contributed by atoms with Crippen LogP contribution in [0.2, 0.25) is 0 Å². The summed E-state index contributed by atoms with van der Waals surface area (Å²) >= 11 is 1.61. The number of piperidine rings is 1. The molecule has 1 fully saturated rings. The van der Waals surface area contributed by atoms with Crippen molar-refractivity contribution in [2.75, 3.05) is 13.1 Å². The van der Waals surface area contributed by atoms with E-state index in [0.717, 1.165) is 36.6 Å². The van der Waals surface area contributed by atoms with Crippen LogP contribution < -0.4 is 10.6 Å². The lowest BCUT2D eigenvalue weighted by molar-refractivity contribution is -0.132. The van der Waals surface area contributed by atoms with Crippen LogP contribution in [0.5, 0.6) is 0 Å². The first kappa shape index (κ1) is 18.1. The molecule has 0 spiro atoms. The van der Waals surface area contributed by atoms with Crippen molar-refractivity contribution in [3.63, 3.8) is 0 Å². The third kappa shape index (κ3) is 3.62. The zero-order valence-electron chi connectivity index (χ0n) is 15.4. The van der Waals surface area contributed by atoms with Crippen molar-refractivity contribution < 1.29 is 4.79 Å². The molecule has 3 rings (SSSR count). The molecule has 2 aromatic heterocycles. The first-order chi connectivity index (χ1) is 11.8. The van der Waals surface area contributed by atoms with E-state index in [9.17, 15) is 4.79 Å². The Morgan fingerprint density at radius 3 is 2.68 bits per heavy atom. The lowest BCUT2D eigenvalue weighted by Gasteiger charge is -2.37. The quantitative estimate of drug-likeness (QED) is 0.878. The highest BCUT2D eigenvalue weighted by molar-refractivity contribution is 7.09. The summed E-state index contributed by atoms with van der Waals surface area (Å²) in [6.45, 7) is 10.1. The number of hydrogen-bond donors (Lipinski definition) is 2. The highest BCUT2D eigenvalue weighted by atomic mass is 32.1. The van der Waals surface area contributed by atoms with E-state index in [0.29, 0.717) is 0 Å². The number of aromatic nitrogens is 3. The second-order valence-corrected chi connectivity index (χ2v) is 8.64. The van der Waals surface area contributed by atoms with E-state index < -0.39 is 5.54 Å². The second-order valence-electron chi connectivity index (χ2n) is 7.75. The van der Waals surface area contributed by atoms with Crippen LogP contribution in [-0.4, -0.2) is 33.8 Å². The minimum absolute atomic E-state index is 0.0177. The molecule has 2 N–H and O–H groups in total. The van der Waals surface area contributed by atoms with Gasteiger partial charge in [-0.1, -0.05) is 20.8 Å². The van der Waals surface area contributed by atoms with Gasteiger partial charge in [-0.2, -0.15) is 5.10 Å². The van der Waals surface area contributed by atoms with E-state index in [1.54, 1.807) is 17.5 Å². The zero-order chi connectivity index (χ0) is 18.1. The van der Waals surface area contributed by atoms with Crippen LogP contribution in [0.1, 0.15) is 57.3 Å². The van der Waals surface area contributed by atoms with Gasteiger partial charge < -0.3 is 10.6 Å². The molecule has 0 aliphatic carbocycles. The number of carbonyl (C=O) groups excluding carboxylic acids is 1. The molecule has 3 heterocycles. The van der Waals surface area contributed by atoms with Gasteiger partial charge in [-0.25, -0.2) is 4.98 Å². The molecule has 1 aliphatic rings. The predicted molar refractivity (Wildman–Crippen MR) is 99.7 cm³/mol. The SMILES string of the molecule is CC(NC(=O)C1(n2cccn2)CCNCC1)c1nc(C(C)(C)C)cs1. The lowest BCUT2D eigenvalue weighted by atomic mass is 9.87. The number of hydrogen-bond acceptors (Lipinski definition) is 5. The van der Waals surface area contributed by atoms with Crippen LogP contribution in [0.4, 0.5) is 0 Å². The number of amides is 1. The first-order valence-corrected chi connectivity index (χ1v) is 9.69. The average molecular weight is 362 g/mol. The summed E-state index contributed by atoms with van der Waals surface area (Å²) in [5.74, 6) is 0.0257. The number of thiazole rings is 1. The number of rotatable bonds is 4. The third-order valence-electron chi connectivity index (χ3n) is 4.80. The molecule has 136 valence electrons. The minimum Gasteiger partial charge on any atom is -0.345 e. The molecule has 1 atom stereocenters. The van der Waals surface area contributed by atoms with Crippen molar-refractivity contribution in [1.82, 2.24) is 25.4 Å². The zero-order valence-corrected chi connectivity index (χ0v) is 16.2.